The molecule has 0 aromatic heterocycles. The maximum absolute atomic E-state index is 5.07. The van der Waals surface area contributed by atoms with Crippen LogP contribution < -0.4 is 0 Å². The van der Waals surface area contributed by atoms with E-state index < -0.39 is 0 Å². The molecule has 0 aromatic carbocycles. The van der Waals surface area contributed by atoms with Gasteiger partial charge in [0.2, 0.25) is 15.2 Å². The van der Waals surface area contributed by atoms with Crippen molar-refractivity contribution >= 4 is 15.2 Å². The summed E-state index contributed by atoms with van der Waals surface area (Å²) in [6, 6.07) is 0. The minimum Gasteiger partial charge on any atom is -0.382 e. The van der Waals surface area contributed by atoms with Crippen LogP contribution in [0.2, 0.25) is 11.1 Å². The Labute approximate surface area is 58.1 Å². The third-order valence-electron chi connectivity index (χ3n) is 1.37. The third kappa shape index (κ3) is 4.65. The summed E-state index contributed by atoms with van der Waals surface area (Å²) in [6.45, 7) is 2.13. The molecule has 2 heteroatoms. The predicted octanol–water partition coefficient (Wildman–Crippen LogP) is 1.31. The van der Waals surface area contributed by atoms with Crippen molar-refractivity contribution in [3.05, 3.63) is 0 Å². The molecule has 0 heterocycles. The first-order valence-corrected chi connectivity index (χ1v) is 5.75. The lowest BCUT2D eigenvalue weighted by atomic mass is 10.3. The first-order chi connectivity index (χ1) is 3.81. The molecule has 0 fully saturated rings. The molecule has 0 aliphatic rings. The lowest BCUT2D eigenvalue weighted by Gasteiger charge is -2.05. The van der Waals surface area contributed by atoms with Crippen LogP contribution in [0, 0.1) is 0 Å². The molecule has 0 saturated carbocycles. The molecule has 48 valence electrons. The van der Waals surface area contributed by atoms with Crippen LogP contribution in [-0.2, 0) is 4.74 Å². The summed E-state index contributed by atoms with van der Waals surface area (Å²) in [5.41, 5.74) is 0. The molecule has 0 amide bonds. The molecule has 0 rings (SSSR count). The average Bonchev–Trinajstić information content (AvgIpc) is 1.83. The number of rotatable bonds is 4. The molecule has 1 atom stereocenters. The quantitative estimate of drug-likeness (QED) is 0.521. The minimum absolute atomic E-state index is 0.282. The summed E-state index contributed by atoms with van der Waals surface area (Å²) in [6.07, 6.45) is 1.75. The molecular weight excluding hydrogens is 115 g/mol. The summed E-state index contributed by atoms with van der Waals surface area (Å²) in [4.78, 5) is 0. The van der Waals surface area contributed by atoms with Crippen molar-refractivity contribution in [1.29, 1.82) is 0 Å². The highest BCUT2D eigenvalue weighted by atomic mass is 27.1. The van der Waals surface area contributed by atoms with Gasteiger partial charge in [-0.25, -0.2) is 0 Å². The zero-order chi connectivity index (χ0) is 6.41. The normalized spacial score (nSPS) is 13.4. The van der Waals surface area contributed by atoms with Crippen molar-refractivity contribution < 1.29 is 4.74 Å². The molecule has 0 spiro atoms. The highest BCUT2D eigenvalue weighted by molar-refractivity contribution is 6.33. The number of hydrogen-bond acceptors (Lipinski definition) is 1. The van der Waals surface area contributed by atoms with Crippen molar-refractivity contribution in [3.8, 4) is 0 Å². The summed E-state index contributed by atoms with van der Waals surface area (Å²) in [5, 5.41) is 1.43. The van der Waals surface area contributed by atoms with Crippen LogP contribution in [0.5, 0.6) is 0 Å². The van der Waals surface area contributed by atoms with Crippen LogP contribution in [0.15, 0.2) is 0 Å². The van der Waals surface area contributed by atoms with Gasteiger partial charge < -0.3 is 4.74 Å². The molecule has 0 aliphatic carbocycles. The highest BCUT2D eigenvalue weighted by Crippen LogP contribution is 1.98. The summed E-state index contributed by atoms with van der Waals surface area (Å²) < 4.78 is 5.07. The lowest BCUT2D eigenvalue weighted by molar-refractivity contribution is 0.115. The SMILES string of the molecule is COC(C)C[CH2][AlH][CH3]. The smallest absolute Gasteiger partial charge is 0.233 e. The fourth-order valence-corrected chi connectivity index (χ4v) is 1.59. The van der Waals surface area contributed by atoms with E-state index in [2.05, 4.69) is 12.7 Å². The molecule has 1 unspecified atom stereocenters. The Bertz CT molecular complexity index is 47.8. The first kappa shape index (κ1) is 8.49. The fourth-order valence-electron chi connectivity index (χ4n) is 0.609. The molecule has 1 nitrogen and oxygen atoms in total. The molecular formula is C6H15AlO. The van der Waals surface area contributed by atoms with Gasteiger partial charge >= 0.3 is 0 Å². The number of methoxy groups -OCH3 is 1. The number of hydrogen-bond donors (Lipinski definition) is 0. The van der Waals surface area contributed by atoms with E-state index in [1.807, 2.05) is 0 Å². The Morgan fingerprint density at radius 2 is 2.25 bits per heavy atom. The third-order valence-corrected chi connectivity index (χ3v) is 2.48. The van der Waals surface area contributed by atoms with Gasteiger partial charge in [-0.3, -0.25) is 0 Å². The van der Waals surface area contributed by atoms with Gasteiger partial charge in [-0.1, -0.05) is 5.28 Å². The second kappa shape index (κ2) is 5.63. The van der Waals surface area contributed by atoms with Gasteiger partial charge in [-0.05, 0) is 13.3 Å². The van der Waals surface area contributed by atoms with Gasteiger partial charge in [0, 0.05) is 7.11 Å². The Hall–Kier alpha value is 0.492. The second-order valence-electron chi connectivity index (χ2n) is 2.19. The van der Waals surface area contributed by atoms with Crippen LogP contribution in [0.4, 0.5) is 0 Å². The zero-order valence-electron chi connectivity index (χ0n) is 6.11. The van der Waals surface area contributed by atoms with Gasteiger partial charge in [-0.15, -0.1) is 5.79 Å². The first-order valence-electron chi connectivity index (χ1n) is 3.34. The van der Waals surface area contributed by atoms with E-state index >= 15 is 0 Å². The zero-order valence-corrected chi connectivity index (χ0v) is 7.52. The maximum atomic E-state index is 5.07. The topological polar surface area (TPSA) is 9.23 Å². The Kier molecular flexibility index (Phi) is 5.97. The van der Waals surface area contributed by atoms with Crippen molar-refractivity contribution in [3.63, 3.8) is 0 Å². The Morgan fingerprint density at radius 3 is 2.62 bits per heavy atom. The standard InChI is InChI=1S/C5H11O.CH3.Al.H/c1-4-5(2)6-3;;;/h5H,1,4H2,2-3H3;1H3;;. The Morgan fingerprint density at radius 1 is 1.62 bits per heavy atom. The van der Waals surface area contributed by atoms with Crippen molar-refractivity contribution in [1.82, 2.24) is 0 Å². The summed E-state index contributed by atoms with van der Waals surface area (Å²) in [5.74, 6) is 2.34. The van der Waals surface area contributed by atoms with Crippen molar-refractivity contribution in [2.24, 2.45) is 0 Å². The monoisotopic (exact) mass is 130 g/mol. The van der Waals surface area contributed by atoms with Crippen LogP contribution >= 0.6 is 0 Å². The highest BCUT2D eigenvalue weighted by Gasteiger charge is 1.96. The van der Waals surface area contributed by atoms with Gasteiger partial charge in [0.1, 0.15) is 0 Å². The average molecular weight is 130 g/mol. The van der Waals surface area contributed by atoms with E-state index in [1.54, 1.807) is 7.11 Å². The molecule has 0 aromatic rings. The van der Waals surface area contributed by atoms with Crippen LogP contribution in [0.25, 0.3) is 0 Å². The second-order valence-corrected chi connectivity index (χ2v) is 3.90. The van der Waals surface area contributed by atoms with Crippen LogP contribution in [0.3, 0.4) is 0 Å². The van der Waals surface area contributed by atoms with E-state index in [-0.39, 0.29) is 15.2 Å². The minimum atomic E-state index is 0.282. The van der Waals surface area contributed by atoms with Gasteiger partial charge in [0.25, 0.3) is 0 Å². The van der Waals surface area contributed by atoms with E-state index in [0.29, 0.717) is 6.10 Å². The van der Waals surface area contributed by atoms with Gasteiger partial charge in [0.15, 0.2) is 0 Å². The maximum Gasteiger partial charge on any atom is 0.233 e. The summed E-state index contributed by atoms with van der Waals surface area (Å²) >= 11 is 0.282. The van der Waals surface area contributed by atoms with E-state index in [0.717, 1.165) is 0 Å². The fraction of sp³-hybridized carbons (Fsp3) is 1.00. The van der Waals surface area contributed by atoms with E-state index in [1.165, 1.54) is 11.7 Å². The van der Waals surface area contributed by atoms with E-state index in [9.17, 15) is 0 Å². The predicted molar refractivity (Wildman–Crippen MR) is 38.9 cm³/mol. The van der Waals surface area contributed by atoms with Gasteiger partial charge in [0.05, 0.1) is 6.10 Å². The molecule has 0 aliphatic heterocycles. The largest absolute Gasteiger partial charge is 0.382 e. The van der Waals surface area contributed by atoms with Crippen molar-refractivity contribution in [2.75, 3.05) is 7.11 Å². The van der Waals surface area contributed by atoms with Gasteiger partial charge in [-0.2, -0.15) is 0 Å². The lowest BCUT2D eigenvalue weighted by Crippen LogP contribution is -2.04. The Balaban J connectivity index is 2.86. The summed E-state index contributed by atoms with van der Waals surface area (Å²) in [7, 11) is 1.78. The molecule has 8 heavy (non-hydrogen) atoms. The number of ether oxygens (including phenoxy) is 1. The van der Waals surface area contributed by atoms with Crippen LogP contribution in [0.1, 0.15) is 13.3 Å². The van der Waals surface area contributed by atoms with E-state index in [4.69, 9.17) is 4.74 Å². The van der Waals surface area contributed by atoms with Crippen molar-refractivity contribution in [2.45, 2.75) is 30.5 Å². The molecule has 0 bridgehead atoms. The molecule has 0 N–H and O–H groups in total. The molecule has 0 saturated heterocycles. The van der Waals surface area contributed by atoms with Crippen LogP contribution in [-0.4, -0.2) is 28.4 Å². The molecule has 0 radical (unpaired) electrons.